The van der Waals surface area contributed by atoms with Gasteiger partial charge in [0, 0.05) is 43.9 Å². The molecule has 5 rings (SSSR count). The largest absolute Gasteiger partial charge is 0.496 e. The van der Waals surface area contributed by atoms with Gasteiger partial charge in [0.15, 0.2) is 11.4 Å². The van der Waals surface area contributed by atoms with Gasteiger partial charge in [-0.15, -0.1) is 0 Å². The van der Waals surface area contributed by atoms with Gasteiger partial charge in [-0.1, -0.05) is 0 Å². The van der Waals surface area contributed by atoms with Gasteiger partial charge in [0.25, 0.3) is 0 Å². The van der Waals surface area contributed by atoms with E-state index in [4.69, 9.17) is 14.2 Å². The number of likely N-dealkylation sites (tertiary alicyclic amines) is 1. The maximum atomic E-state index is 13.3. The van der Waals surface area contributed by atoms with E-state index in [9.17, 15) is 31.9 Å². The molecule has 3 aromatic rings. The first-order valence-corrected chi connectivity index (χ1v) is 12.8. The molecule has 2 fully saturated rings. The van der Waals surface area contributed by atoms with Crippen LogP contribution in [0.4, 0.5) is 22.0 Å². The van der Waals surface area contributed by atoms with E-state index in [0.717, 1.165) is 12.8 Å². The minimum atomic E-state index is -4.64. The highest BCUT2D eigenvalue weighted by atomic mass is 19.4. The number of hydrogen-bond acceptors (Lipinski definition) is 7. The number of ketones is 1. The molecular formula is C27H28F5N3O5. The lowest BCUT2D eigenvalue weighted by atomic mass is 9.93. The number of carbonyl (C=O) groups excluding carboxylic acids is 1. The zero-order chi connectivity index (χ0) is 28.7. The molecule has 1 aromatic carbocycles. The van der Waals surface area contributed by atoms with Crippen LogP contribution in [0.25, 0.3) is 16.9 Å². The number of aliphatic hydroxyl groups is 1. The van der Waals surface area contributed by atoms with Crippen LogP contribution in [0.2, 0.25) is 0 Å². The third-order valence-corrected chi connectivity index (χ3v) is 7.12. The molecular weight excluding hydrogens is 541 g/mol. The van der Waals surface area contributed by atoms with E-state index in [0.29, 0.717) is 35.6 Å². The summed E-state index contributed by atoms with van der Waals surface area (Å²) in [5, 5.41) is 9.52. The summed E-state index contributed by atoms with van der Waals surface area (Å²) >= 11 is 0. The number of Topliss-reactive ketones (excluding diaryl/α,β-unsaturated/α-hetero) is 1. The predicted octanol–water partition coefficient (Wildman–Crippen LogP) is 4.97. The van der Waals surface area contributed by atoms with Crippen molar-refractivity contribution < 1.29 is 46.1 Å². The van der Waals surface area contributed by atoms with Gasteiger partial charge in [0.2, 0.25) is 0 Å². The molecule has 1 saturated carbocycles. The number of benzene rings is 1. The summed E-state index contributed by atoms with van der Waals surface area (Å²) < 4.78 is 82.3. The highest BCUT2D eigenvalue weighted by Gasteiger charge is 2.60. The summed E-state index contributed by atoms with van der Waals surface area (Å²) in [5.74, 6) is 0.286. The summed E-state index contributed by atoms with van der Waals surface area (Å²) in [6.45, 7) is -3.45. The summed E-state index contributed by atoms with van der Waals surface area (Å²) in [7, 11) is 1.36. The van der Waals surface area contributed by atoms with Crippen LogP contribution in [0.15, 0.2) is 36.7 Å². The van der Waals surface area contributed by atoms with Crippen molar-refractivity contribution in [3.63, 3.8) is 0 Å². The van der Waals surface area contributed by atoms with Gasteiger partial charge < -0.3 is 19.3 Å². The SMILES string of the molecule is COc1cc(-c2cnc3cc(OCCCN4CC(O)(C(F)(F)F)C4)ccn23)cc(OC(F)F)c1C(=O)CC1CC1. The third-order valence-electron chi connectivity index (χ3n) is 7.12. The van der Waals surface area contributed by atoms with Gasteiger partial charge in [-0.3, -0.25) is 14.1 Å². The maximum Gasteiger partial charge on any atom is 0.419 e. The molecule has 3 heterocycles. The van der Waals surface area contributed by atoms with E-state index < -0.39 is 31.5 Å². The normalized spacial score (nSPS) is 17.2. The Bertz CT molecular complexity index is 1380. The number of methoxy groups -OCH3 is 1. The molecule has 2 aromatic heterocycles. The number of halogens is 5. The molecule has 0 bridgehead atoms. The average Bonchev–Trinajstić information content (AvgIpc) is 3.58. The van der Waals surface area contributed by atoms with Gasteiger partial charge in [-0.2, -0.15) is 22.0 Å². The summed E-state index contributed by atoms with van der Waals surface area (Å²) in [6.07, 6.45) is 1.12. The van der Waals surface area contributed by atoms with Gasteiger partial charge in [0.05, 0.1) is 25.6 Å². The summed E-state index contributed by atoms with van der Waals surface area (Å²) in [6, 6.07) is 6.29. The van der Waals surface area contributed by atoms with Crippen LogP contribution in [0.3, 0.4) is 0 Å². The Morgan fingerprint density at radius 3 is 2.58 bits per heavy atom. The van der Waals surface area contributed by atoms with E-state index in [2.05, 4.69) is 4.98 Å². The fraction of sp³-hybridized carbons (Fsp3) is 0.481. The lowest BCUT2D eigenvalue weighted by Gasteiger charge is -2.47. The zero-order valence-corrected chi connectivity index (χ0v) is 21.6. The van der Waals surface area contributed by atoms with Crippen molar-refractivity contribution in [1.29, 1.82) is 0 Å². The number of imidazole rings is 1. The Labute approximate surface area is 226 Å². The molecule has 0 unspecified atom stereocenters. The van der Waals surface area contributed by atoms with Crippen LogP contribution >= 0.6 is 0 Å². The van der Waals surface area contributed by atoms with Gasteiger partial charge >= 0.3 is 12.8 Å². The molecule has 0 radical (unpaired) electrons. The van der Waals surface area contributed by atoms with Crippen molar-refractivity contribution in [3.8, 4) is 28.5 Å². The number of fused-ring (bicyclic) bond motifs is 1. The molecule has 1 N–H and O–H groups in total. The number of ether oxygens (including phenoxy) is 3. The van der Waals surface area contributed by atoms with Crippen molar-refractivity contribution in [2.24, 2.45) is 5.92 Å². The van der Waals surface area contributed by atoms with Crippen molar-refractivity contribution >= 4 is 11.4 Å². The molecule has 0 spiro atoms. The van der Waals surface area contributed by atoms with E-state index in [-0.39, 0.29) is 41.8 Å². The van der Waals surface area contributed by atoms with Crippen molar-refractivity contribution in [2.75, 3.05) is 33.4 Å². The predicted molar refractivity (Wildman–Crippen MR) is 133 cm³/mol. The number of aromatic nitrogens is 2. The summed E-state index contributed by atoms with van der Waals surface area (Å²) in [4.78, 5) is 18.7. The van der Waals surface area contributed by atoms with E-state index in [1.54, 1.807) is 28.8 Å². The number of β-amino-alcohol motifs (C(OH)–C–C–N with tert-alkyl or cyclic N) is 1. The molecule has 2 aliphatic rings. The molecule has 13 heteroatoms. The first-order valence-electron chi connectivity index (χ1n) is 12.8. The first-order chi connectivity index (χ1) is 19.0. The number of carbonyl (C=O) groups is 1. The molecule has 0 amide bonds. The number of hydrogen-bond donors (Lipinski definition) is 1. The smallest absolute Gasteiger partial charge is 0.419 e. The van der Waals surface area contributed by atoms with Gasteiger partial charge in [-0.25, -0.2) is 4.98 Å². The minimum Gasteiger partial charge on any atom is -0.496 e. The second-order valence-corrected chi connectivity index (χ2v) is 10.2. The zero-order valence-electron chi connectivity index (χ0n) is 21.6. The lowest BCUT2D eigenvalue weighted by Crippen LogP contribution is -2.69. The topological polar surface area (TPSA) is 85.5 Å². The van der Waals surface area contributed by atoms with Crippen LogP contribution in [0.5, 0.6) is 17.2 Å². The first kappa shape index (κ1) is 28.1. The number of rotatable bonds is 12. The highest BCUT2D eigenvalue weighted by Crippen LogP contribution is 2.41. The van der Waals surface area contributed by atoms with Crippen molar-refractivity contribution in [3.05, 3.63) is 42.2 Å². The van der Waals surface area contributed by atoms with Crippen LogP contribution in [0, 0.1) is 5.92 Å². The average molecular weight is 570 g/mol. The molecule has 1 saturated heterocycles. The molecule has 1 aliphatic heterocycles. The maximum absolute atomic E-state index is 13.3. The fourth-order valence-electron chi connectivity index (χ4n) is 4.82. The van der Waals surface area contributed by atoms with Crippen molar-refractivity contribution in [1.82, 2.24) is 14.3 Å². The number of nitrogens with zero attached hydrogens (tertiary/aromatic N) is 3. The Morgan fingerprint density at radius 2 is 1.93 bits per heavy atom. The third kappa shape index (κ3) is 5.85. The van der Waals surface area contributed by atoms with Crippen LogP contribution in [0.1, 0.15) is 36.0 Å². The molecule has 216 valence electrons. The number of alkyl halides is 5. The monoisotopic (exact) mass is 569 g/mol. The van der Waals surface area contributed by atoms with E-state index in [1.165, 1.54) is 24.3 Å². The minimum absolute atomic E-state index is 0.00994. The Balaban J connectivity index is 1.28. The van der Waals surface area contributed by atoms with Crippen molar-refractivity contribution in [2.45, 2.75) is 44.1 Å². The second kappa shape index (κ2) is 10.8. The van der Waals surface area contributed by atoms with Crippen LogP contribution in [-0.2, 0) is 0 Å². The molecule has 0 atom stereocenters. The quantitative estimate of drug-likeness (QED) is 0.187. The number of pyridine rings is 1. The Morgan fingerprint density at radius 1 is 1.20 bits per heavy atom. The van der Waals surface area contributed by atoms with E-state index in [1.807, 2.05) is 0 Å². The molecule has 40 heavy (non-hydrogen) atoms. The second-order valence-electron chi connectivity index (χ2n) is 10.2. The fourth-order valence-corrected chi connectivity index (χ4v) is 4.82. The Kier molecular flexibility index (Phi) is 7.62. The Hall–Kier alpha value is -3.45. The lowest BCUT2D eigenvalue weighted by molar-refractivity contribution is -0.301. The molecule has 1 aliphatic carbocycles. The van der Waals surface area contributed by atoms with Gasteiger partial charge in [-0.05, 0) is 43.4 Å². The standard InChI is InChI=1S/C27H28F5N3O5/c1-38-21-10-17(11-22(40-25(28)29)24(21)20(36)9-16-3-4-16)19-13-33-23-12-18(5-7-35(19)23)39-8-2-6-34-14-26(37,15-34)27(30,31)32/h5,7,10-13,16,25,37H,2-4,6,8-9,14-15H2,1H3. The van der Waals surface area contributed by atoms with Gasteiger partial charge in [0.1, 0.15) is 28.5 Å². The summed E-state index contributed by atoms with van der Waals surface area (Å²) in [5.41, 5.74) is -1.17. The highest BCUT2D eigenvalue weighted by molar-refractivity contribution is 6.02. The van der Waals surface area contributed by atoms with Crippen LogP contribution < -0.4 is 14.2 Å². The van der Waals surface area contributed by atoms with Crippen LogP contribution in [-0.4, -0.2) is 76.9 Å². The van der Waals surface area contributed by atoms with E-state index >= 15 is 0 Å². The molecule has 8 nitrogen and oxygen atoms in total.